The zero-order chi connectivity index (χ0) is 20.8. The van der Waals surface area contributed by atoms with Crippen LogP contribution >= 0.6 is 0 Å². The van der Waals surface area contributed by atoms with Gasteiger partial charge in [-0.15, -0.1) is 5.10 Å². The third-order valence-corrected chi connectivity index (χ3v) is 5.39. The first kappa shape index (κ1) is 20.3. The van der Waals surface area contributed by atoms with E-state index in [0.717, 1.165) is 30.9 Å². The second-order valence-corrected chi connectivity index (χ2v) is 7.16. The summed E-state index contributed by atoms with van der Waals surface area (Å²) in [4.78, 5) is 2.36. The van der Waals surface area contributed by atoms with Crippen molar-refractivity contribution in [2.75, 3.05) is 40.5 Å². The lowest BCUT2D eigenvalue weighted by Crippen LogP contribution is -2.40. The Morgan fingerprint density at radius 3 is 2.50 bits per heavy atom. The van der Waals surface area contributed by atoms with Crippen LogP contribution in [0.15, 0.2) is 48.5 Å². The Labute approximate surface area is 176 Å². The van der Waals surface area contributed by atoms with E-state index in [0.29, 0.717) is 31.3 Å². The van der Waals surface area contributed by atoms with Crippen molar-refractivity contribution < 1.29 is 14.2 Å². The van der Waals surface area contributed by atoms with Crippen molar-refractivity contribution >= 4 is 0 Å². The van der Waals surface area contributed by atoms with Gasteiger partial charge >= 0.3 is 0 Å². The minimum Gasteiger partial charge on any atom is -0.493 e. The molecular weight excluding hydrogens is 382 g/mol. The topological polar surface area (TPSA) is 74.5 Å². The maximum atomic E-state index is 5.58. The molecule has 1 aliphatic heterocycles. The molecule has 4 rings (SSSR count). The molecule has 1 aromatic heterocycles. The Bertz CT molecular complexity index is 941. The Kier molecular flexibility index (Phi) is 6.56. The first-order valence-electron chi connectivity index (χ1n) is 10.1. The molecule has 1 atom stereocenters. The molecule has 0 saturated carbocycles. The lowest BCUT2D eigenvalue weighted by Gasteiger charge is -2.34. The van der Waals surface area contributed by atoms with Gasteiger partial charge in [-0.2, -0.15) is 0 Å². The van der Waals surface area contributed by atoms with E-state index in [1.807, 2.05) is 22.9 Å². The van der Waals surface area contributed by atoms with Crippen molar-refractivity contribution in [3.05, 3.63) is 65.5 Å². The van der Waals surface area contributed by atoms with Crippen molar-refractivity contribution in [3.63, 3.8) is 0 Å². The molecule has 30 heavy (non-hydrogen) atoms. The quantitative estimate of drug-likeness (QED) is 0.565. The molecule has 0 aliphatic carbocycles. The molecule has 0 spiro atoms. The molecule has 0 bridgehead atoms. The van der Waals surface area contributed by atoms with Gasteiger partial charge in [-0.05, 0) is 40.1 Å². The predicted molar refractivity (Wildman–Crippen MR) is 112 cm³/mol. The van der Waals surface area contributed by atoms with Crippen molar-refractivity contribution in [3.8, 4) is 11.5 Å². The number of hydrogen-bond acceptors (Lipinski definition) is 7. The van der Waals surface area contributed by atoms with Crippen molar-refractivity contribution in [2.45, 2.75) is 19.0 Å². The van der Waals surface area contributed by atoms with Gasteiger partial charge in [-0.3, -0.25) is 4.90 Å². The molecule has 1 aliphatic rings. The van der Waals surface area contributed by atoms with Gasteiger partial charge in [0.1, 0.15) is 0 Å². The van der Waals surface area contributed by atoms with E-state index in [9.17, 15) is 0 Å². The van der Waals surface area contributed by atoms with Crippen molar-refractivity contribution in [1.29, 1.82) is 0 Å². The van der Waals surface area contributed by atoms with Gasteiger partial charge < -0.3 is 14.2 Å². The highest BCUT2D eigenvalue weighted by atomic mass is 16.5. The summed E-state index contributed by atoms with van der Waals surface area (Å²) >= 11 is 0. The molecule has 0 radical (unpaired) electrons. The van der Waals surface area contributed by atoms with Gasteiger partial charge in [0.25, 0.3) is 0 Å². The van der Waals surface area contributed by atoms with Crippen LogP contribution in [-0.4, -0.2) is 65.6 Å². The highest BCUT2D eigenvalue weighted by Gasteiger charge is 2.30. The molecule has 2 aromatic carbocycles. The largest absolute Gasteiger partial charge is 0.493 e. The number of aromatic nitrogens is 4. The summed E-state index contributed by atoms with van der Waals surface area (Å²) in [5, 5.41) is 12.7. The maximum Gasteiger partial charge on any atom is 0.173 e. The van der Waals surface area contributed by atoms with Crippen LogP contribution in [-0.2, 0) is 17.7 Å². The number of nitrogens with zero attached hydrogens (tertiary/aromatic N) is 5. The summed E-state index contributed by atoms with van der Waals surface area (Å²) in [6, 6.07) is 16.3. The van der Waals surface area contributed by atoms with E-state index in [2.05, 4.69) is 50.8 Å². The van der Waals surface area contributed by atoms with Gasteiger partial charge in [0, 0.05) is 19.6 Å². The molecule has 2 heterocycles. The second kappa shape index (κ2) is 9.69. The summed E-state index contributed by atoms with van der Waals surface area (Å²) in [5.41, 5.74) is 2.32. The van der Waals surface area contributed by atoms with E-state index in [4.69, 9.17) is 14.2 Å². The van der Waals surface area contributed by atoms with Crippen LogP contribution in [0.25, 0.3) is 0 Å². The number of rotatable bonds is 8. The third kappa shape index (κ3) is 4.44. The molecule has 1 unspecified atom stereocenters. The number of aryl methyl sites for hydroxylation is 2. The van der Waals surface area contributed by atoms with Gasteiger partial charge in [0.15, 0.2) is 17.3 Å². The molecule has 8 nitrogen and oxygen atoms in total. The van der Waals surface area contributed by atoms with E-state index in [1.54, 1.807) is 14.2 Å². The van der Waals surface area contributed by atoms with Gasteiger partial charge in [-0.1, -0.05) is 36.4 Å². The maximum absolute atomic E-state index is 5.58. The fraction of sp³-hybridized carbons (Fsp3) is 0.409. The van der Waals surface area contributed by atoms with Crippen LogP contribution in [0, 0.1) is 0 Å². The van der Waals surface area contributed by atoms with E-state index in [-0.39, 0.29) is 6.04 Å². The van der Waals surface area contributed by atoms with Crippen LogP contribution in [0.4, 0.5) is 0 Å². The highest BCUT2D eigenvalue weighted by Crippen LogP contribution is 2.34. The normalized spacial score (nSPS) is 15.7. The Morgan fingerprint density at radius 1 is 1.00 bits per heavy atom. The first-order chi connectivity index (χ1) is 14.8. The monoisotopic (exact) mass is 409 g/mol. The summed E-state index contributed by atoms with van der Waals surface area (Å²) in [6.45, 7) is 3.71. The van der Waals surface area contributed by atoms with E-state index in [1.165, 1.54) is 5.56 Å². The average Bonchev–Trinajstić information content (AvgIpc) is 3.27. The Hall–Kier alpha value is -2.97. The SMILES string of the molecule is COc1ccc(C(c2nnnn2CCc2ccccc2)N2CCOCC2)cc1OC. The van der Waals surface area contributed by atoms with Crippen LogP contribution in [0.2, 0.25) is 0 Å². The number of benzene rings is 2. The summed E-state index contributed by atoms with van der Waals surface area (Å²) in [5.74, 6) is 2.21. The molecule has 1 fully saturated rings. The summed E-state index contributed by atoms with van der Waals surface area (Å²) < 4.78 is 18.4. The van der Waals surface area contributed by atoms with Crippen molar-refractivity contribution in [1.82, 2.24) is 25.1 Å². The van der Waals surface area contributed by atoms with Gasteiger partial charge in [0.2, 0.25) is 0 Å². The molecular formula is C22H27N5O3. The summed E-state index contributed by atoms with van der Waals surface area (Å²) in [7, 11) is 3.29. The summed E-state index contributed by atoms with van der Waals surface area (Å²) in [6.07, 6.45) is 0.862. The van der Waals surface area contributed by atoms with Crippen LogP contribution in [0.3, 0.4) is 0 Å². The molecule has 3 aromatic rings. The minimum atomic E-state index is -0.0977. The average molecular weight is 409 g/mol. The second-order valence-electron chi connectivity index (χ2n) is 7.16. The van der Waals surface area contributed by atoms with Crippen LogP contribution in [0.1, 0.15) is 23.0 Å². The third-order valence-electron chi connectivity index (χ3n) is 5.39. The number of tetrazole rings is 1. The zero-order valence-electron chi connectivity index (χ0n) is 17.4. The lowest BCUT2D eigenvalue weighted by molar-refractivity contribution is 0.0215. The molecule has 0 amide bonds. The van der Waals surface area contributed by atoms with Crippen LogP contribution in [0.5, 0.6) is 11.5 Å². The fourth-order valence-corrected chi connectivity index (χ4v) is 3.83. The highest BCUT2D eigenvalue weighted by molar-refractivity contribution is 5.45. The number of ether oxygens (including phenoxy) is 3. The minimum absolute atomic E-state index is 0.0977. The molecule has 1 saturated heterocycles. The number of hydrogen-bond donors (Lipinski definition) is 0. The van der Waals surface area contributed by atoms with Gasteiger partial charge in [-0.25, -0.2) is 4.68 Å². The van der Waals surface area contributed by atoms with E-state index < -0.39 is 0 Å². The number of morpholine rings is 1. The zero-order valence-corrected chi connectivity index (χ0v) is 17.4. The predicted octanol–water partition coefficient (Wildman–Crippen LogP) is 2.35. The Morgan fingerprint density at radius 2 is 1.77 bits per heavy atom. The Balaban J connectivity index is 1.66. The smallest absolute Gasteiger partial charge is 0.173 e. The molecule has 158 valence electrons. The van der Waals surface area contributed by atoms with Gasteiger partial charge in [0.05, 0.1) is 33.5 Å². The first-order valence-corrected chi connectivity index (χ1v) is 10.1. The standard InChI is InChI=1S/C22H27N5O3/c1-28-19-9-8-18(16-20(19)29-2)21(26-12-14-30-15-13-26)22-23-24-25-27(22)11-10-17-6-4-3-5-7-17/h3-9,16,21H,10-15H2,1-2H3. The molecule has 8 heteroatoms. The van der Waals surface area contributed by atoms with Crippen molar-refractivity contribution in [2.24, 2.45) is 0 Å². The lowest BCUT2D eigenvalue weighted by atomic mass is 10.0. The fourth-order valence-electron chi connectivity index (χ4n) is 3.83. The van der Waals surface area contributed by atoms with Crippen LogP contribution < -0.4 is 9.47 Å². The van der Waals surface area contributed by atoms with E-state index >= 15 is 0 Å². The molecule has 0 N–H and O–H groups in total. The number of methoxy groups -OCH3 is 2.